The molecular formula is C23H19N3O7. The summed E-state index contributed by atoms with van der Waals surface area (Å²) >= 11 is 0. The lowest BCUT2D eigenvalue weighted by molar-refractivity contribution is -0.131. The second kappa shape index (κ2) is 7.37. The maximum absolute atomic E-state index is 13.4. The summed E-state index contributed by atoms with van der Waals surface area (Å²) in [6.45, 7) is 2.94. The molecule has 0 aliphatic carbocycles. The van der Waals surface area contributed by atoms with Crippen LogP contribution in [0.4, 0.5) is 10.5 Å². The van der Waals surface area contributed by atoms with Crippen LogP contribution >= 0.6 is 0 Å². The van der Waals surface area contributed by atoms with Gasteiger partial charge in [-0.3, -0.25) is 14.5 Å². The molecule has 0 unspecified atom stereocenters. The number of nitrogens with one attached hydrogen (secondary N) is 2. The van der Waals surface area contributed by atoms with Crippen molar-refractivity contribution < 1.29 is 28.3 Å². The predicted octanol–water partition coefficient (Wildman–Crippen LogP) is 2.45. The van der Waals surface area contributed by atoms with Gasteiger partial charge in [0.15, 0.2) is 11.5 Å². The molecule has 2 aliphatic rings. The van der Waals surface area contributed by atoms with Gasteiger partial charge in [-0.2, -0.15) is 0 Å². The average molecular weight is 449 g/mol. The number of fused-ring (bicyclic) bond motifs is 2. The number of benzene rings is 2. The molecule has 4 amide bonds. The van der Waals surface area contributed by atoms with Crippen LogP contribution in [-0.2, 0) is 21.7 Å². The van der Waals surface area contributed by atoms with Crippen molar-refractivity contribution in [1.29, 1.82) is 0 Å². The number of rotatable bonds is 4. The van der Waals surface area contributed by atoms with E-state index in [-0.39, 0.29) is 24.8 Å². The number of amides is 4. The van der Waals surface area contributed by atoms with Crippen LogP contribution in [0.1, 0.15) is 25.0 Å². The molecule has 168 valence electrons. The van der Waals surface area contributed by atoms with Crippen molar-refractivity contribution in [3.05, 3.63) is 64.0 Å². The SMILES string of the molecule is CC(=O)Nc1ccc2c(CN3C(=O)N[C@](C)(c4ccc5c(c4)OCO5)C3=O)cc(=O)oc2c1. The van der Waals surface area contributed by atoms with Gasteiger partial charge in [-0.1, -0.05) is 6.07 Å². The van der Waals surface area contributed by atoms with Gasteiger partial charge in [-0.05, 0) is 42.3 Å². The van der Waals surface area contributed by atoms with Crippen molar-refractivity contribution in [2.24, 2.45) is 0 Å². The van der Waals surface area contributed by atoms with Gasteiger partial charge < -0.3 is 24.5 Å². The molecular weight excluding hydrogens is 430 g/mol. The molecule has 1 atom stereocenters. The maximum Gasteiger partial charge on any atom is 0.336 e. The topological polar surface area (TPSA) is 127 Å². The van der Waals surface area contributed by atoms with E-state index in [4.69, 9.17) is 13.9 Å². The highest BCUT2D eigenvalue weighted by atomic mass is 16.7. The third-order valence-corrected chi connectivity index (χ3v) is 5.70. The molecule has 10 nitrogen and oxygen atoms in total. The number of hydrogen-bond donors (Lipinski definition) is 2. The molecule has 3 aromatic rings. The van der Waals surface area contributed by atoms with Crippen LogP contribution in [0.5, 0.6) is 11.5 Å². The Bertz CT molecular complexity index is 1400. The first-order chi connectivity index (χ1) is 15.7. The first kappa shape index (κ1) is 20.6. The first-order valence-corrected chi connectivity index (χ1v) is 10.1. The molecule has 2 N–H and O–H groups in total. The number of imide groups is 1. The number of urea groups is 1. The number of hydrogen-bond acceptors (Lipinski definition) is 7. The molecule has 5 rings (SSSR count). The maximum atomic E-state index is 13.4. The van der Waals surface area contributed by atoms with Crippen LogP contribution in [-0.4, -0.2) is 29.5 Å². The van der Waals surface area contributed by atoms with E-state index in [2.05, 4.69) is 10.6 Å². The molecule has 0 saturated carbocycles. The molecule has 1 fully saturated rings. The van der Waals surface area contributed by atoms with E-state index >= 15 is 0 Å². The van der Waals surface area contributed by atoms with E-state index in [0.29, 0.717) is 33.7 Å². The molecule has 10 heteroatoms. The summed E-state index contributed by atoms with van der Waals surface area (Å²) in [5.74, 6) is 0.325. The third kappa shape index (κ3) is 3.45. The van der Waals surface area contributed by atoms with E-state index in [0.717, 1.165) is 4.90 Å². The van der Waals surface area contributed by atoms with Gasteiger partial charge in [0.05, 0.1) is 6.54 Å². The van der Waals surface area contributed by atoms with Gasteiger partial charge in [-0.25, -0.2) is 9.59 Å². The monoisotopic (exact) mass is 449 g/mol. The van der Waals surface area contributed by atoms with E-state index in [9.17, 15) is 19.2 Å². The van der Waals surface area contributed by atoms with Crippen molar-refractivity contribution in [3.8, 4) is 11.5 Å². The second-order valence-electron chi connectivity index (χ2n) is 8.00. The summed E-state index contributed by atoms with van der Waals surface area (Å²) in [5, 5.41) is 5.91. The highest BCUT2D eigenvalue weighted by Gasteiger charge is 2.49. The lowest BCUT2D eigenvalue weighted by atomic mass is 9.91. The van der Waals surface area contributed by atoms with Gasteiger partial charge in [-0.15, -0.1) is 0 Å². The molecule has 1 saturated heterocycles. The zero-order valence-electron chi connectivity index (χ0n) is 17.8. The van der Waals surface area contributed by atoms with Crippen LogP contribution in [0.25, 0.3) is 11.0 Å². The summed E-state index contributed by atoms with van der Waals surface area (Å²) in [5.41, 5.74) is -0.275. The fourth-order valence-corrected chi connectivity index (χ4v) is 4.06. The molecule has 0 spiro atoms. The minimum absolute atomic E-state index is 0.0925. The molecule has 2 aliphatic heterocycles. The van der Waals surface area contributed by atoms with E-state index < -0.39 is 23.1 Å². The van der Waals surface area contributed by atoms with Crippen molar-refractivity contribution >= 4 is 34.5 Å². The van der Waals surface area contributed by atoms with Crippen LogP contribution in [0, 0.1) is 0 Å². The third-order valence-electron chi connectivity index (χ3n) is 5.70. The Hall–Kier alpha value is -4.34. The van der Waals surface area contributed by atoms with Gasteiger partial charge in [0.1, 0.15) is 11.1 Å². The van der Waals surface area contributed by atoms with Gasteiger partial charge in [0.2, 0.25) is 12.7 Å². The van der Waals surface area contributed by atoms with Crippen molar-refractivity contribution in [1.82, 2.24) is 10.2 Å². The van der Waals surface area contributed by atoms with Gasteiger partial charge in [0.25, 0.3) is 5.91 Å². The molecule has 0 bridgehead atoms. The van der Waals surface area contributed by atoms with Crippen LogP contribution in [0.15, 0.2) is 51.7 Å². The Morgan fingerprint density at radius 1 is 1.09 bits per heavy atom. The lowest BCUT2D eigenvalue weighted by Gasteiger charge is -2.22. The summed E-state index contributed by atoms with van der Waals surface area (Å²) in [4.78, 5) is 50.7. The Morgan fingerprint density at radius 3 is 2.67 bits per heavy atom. The minimum atomic E-state index is -1.31. The molecule has 2 aromatic carbocycles. The molecule has 0 radical (unpaired) electrons. The number of carbonyl (C=O) groups is 3. The smallest absolute Gasteiger partial charge is 0.336 e. The summed E-state index contributed by atoms with van der Waals surface area (Å²) in [6, 6.07) is 10.5. The van der Waals surface area contributed by atoms with E-state index in [1.807, 2.05) is 0 Å². The van der Waals surface area contributed by atoms with Crippen molar-refractivity contribution in [2.45, 2.75) is 25.9 Å². The fourth-order valence-electron chi connectivity index (χ4n) is 4.06. The molecule has 3 heterocycles. The number of anilines is 1. The van der Waals surface area contributed by atoms with Crippen molar-refractivity contribution in [2.75, 3.05) is 12.1 Å². The Kier molecular flexibility index (Phi) is 4.59. The number of carbonyl (C=O) groups excluding carboxylic acids is 3. The van der Waals surface area contributed by atoms with E-state index in [1.54, 1.807) is 37.3 Å². The van der Waals surface area contributed by atoms with Crippen LogP contribution in [0.3, 0.4) is 0 Å². The molecule has 1 aromatic heterocycles. The van der Waals surface area contributed by atoms with Crippen LogP contribution < -0.4 is 25.7 Å². The van der Waals surface area contributed by atoms with Crippen LogP contribution in [0.2, 0.25) is 0 Å². The fraction of sp³-hybridized carbons (Fsp3) is 0.217. The summed E-state index contributed by atoms with van der Waals surface area (Å²) in [6.07, 6.45) is 0. The first-order valence-electron chi connectivity index (χ1n) is 10.1. The lowest BCUT2D eigenvalue weighted by Crippen LogP contribution is -2.40. The largest absolute Gasteiger partial charge is 0.454 e. The van der Waals surface area contributed by atoms with Crippen molar-refractivity contribution in [3.63, 3.8) is 0 Å². The normalized spacial score (nSPS) is 19.2. The zero-order chi connectivity index (χ0) is 23.3. The Morgan fingerprint density at radius 2 is 1.88 bits per heavy atom. The van der Waals surface area contributed by atoms with Gasteiger partial charge >= 0.3 is 11.7 Å². The zero-order valence-corrected chi connectivity index (χ0v) is 17.8. The number of ether oxygens (including phenoxy) is 2. The second-order valence-corrected chi connectivity index (χ2v) is 8.00. The highest BCUT2D eigenvalue weighted by molar-refractivity contribution is 6.07. The standard InChI is InChI=1S/C23H19N3O7/c1-12(27)24-15-4-5-16-13(7-20(28)33-18(16)9-15)10-26-21(29)23(2,25-22(26)30)14-3-6-17-19(8-14)32-11-31-17/h3-9H,10-11H2,1-2H3,(H,24,27)(H,25,30)/t23-/m1/s1. The molecule has 33 heavy (non-hydrogen) atoms. The minimum Gasteiger partial charge on any atom is -0.454 e. The van der Waals surface area contributed by atoms with Gasteiger partial charge in [0, 0.05) is 30.1 Å². The summed E-state index contributed by atoms with van der Waals surface area (Å²) in [7, 11) is 0. The Labute approximate surface area is 187 Å². The highest BCUT2D eigenvalue weighted by Crippen LogP contribution is 2.38. The quantitative estimate of drug-likeness (QED) is 0.463. The van der Waals surface area contributed by atoms with E-state index in [1.165, 1.54) is 19.1 Å². The average Bonchev–Trinajstić information content (AvgIpc) is 3.31. The Balaban J connectivity index is 1.48. The number of nitrogens with zero attached hydrogens (tertiary/aromatic N) is 1. The predicted molar refractivity (Wildman–Crippen MR) is 116 cm³/mol. The summed E-state index contributed by atoms with van der Waals surface area (Å²) < 4.78 is 16.0.